The van der Waals surface area contributed by atoms with Gasteiger partial charge in [0.15, 0.2) is 0 Å². The second-order valence-corrected chi connectivity index (χ2v) is 4.20. The van der Waals surface area contributed by atoms with Crippen LogP contribution < -0.4 is 10.6 Å². The molecule has 98 valence electrons. The van der Waals surface area contributed by atoms with Gasteiger partial charge in [-0.3, -0.25) is 10.1 Å². The minimum absolute atomic E-state index is 0.0924. The molecule has 3 nitrogen and oxygen atoms in total. The molecule has 0 fully saturated rings. The summed E-state index contributed by atoms with van der Waals surface area (Å²) >= 11 is 0. The highest BCUT2D eigenvalue weighted by Gasteiger charge is 2.15. The first-order valence-corrected chi connectivity index (χ1v) is 5.94. The lowest BCUT2D eigenvalue weighted by Crippen LogP contribution is -2.43. The maximum atomic E-state index is 13.1. The SMILES string of the molecule is C=CCNC(=O)C(C)NC(C)c1cccc(F)c1. The fourth-order valence-corrected chi connectivity index (χ4v) is 1.65. The van der Waals surface area contributed by atoms with Crippen LogP contribution in [-0.2, 0) is 4.79 Å². The van der Waals surface area contributed by atoms with Gasteiger partial charge in [-0.1, -0.05) is 18.2 Å². The van der Waals surface area contributed by atoms with Gasteiger partial charge in [0.05, 0.1) is 6.04 Å². The van der Waals surface area contributed by atoms with Crippen molar-refractivity contribution in [2.45, 2.75) is 25.9 Å². The number of rotatable bonds is 6. The minimum Gasteiger partial charge on any atom is -0.351 e. The Balaban J connectivity index is 2.56. The van der Waals surface area contributed by atoms with Gasteiger partial charge in [0.25, 0.3) is 0 Å². The molecular weight excluding hydrogens is 231 g/mol. The van der Waals surface area contributed by atoms with E-state index in [1.54, 1.807) is 19.1 Å². The van der Waals surface area contributed by atoms with E-state index in [0.29, 0.717) is 6.54 Å². The highest BCUT2D eigenvalue weighted by molar-refractivity contribution is 5.81. The number of halogens is 1. The summed E-state index contributed by atoms with van der Waals surface area (Å²) in [4.78, 5) is 11.6. The van der Waals surface area contributed by atoms with Gasteiger partial charge in [-0.05, 0) is 31.5 Å². The van der Waals surface area contributed by atoms with Crippen molar-refractivity contribution in [3.05, 3.63) is 48.3 Å². The number of amides is 1. The molecule has 1 amide bonds. The predicted octanol–water partition coefficient (Wildman–Crippen LogP) is 2.17. The van der Waals surface area contributed by atoms with Crippen molar-refractivity contribution in [3.8, 4) is 0 Å². The molecule has 1 rings (SSSR count). The molecule has 2 atom stereocenters. The lowest BCUT2D eigenvalue weighted by Gasteiger charge is -2.19. The van der Waals surface area contributed by atoms with Crippen molar-refractivity contribution in [1.29, 1.82) is 0 Å². The molecule has 0 spiro atoms. The molecule has 0 heterocycles. The van der Waals surface area contributed by atoms with Crippen LogP contribution in [0.1, 0.15) is 25.5 Å². The minimum atomic E-state index is -0.344. The lowest BCUT2D eigenvalue weighted by molar-refractivity contribution is -0.122. The van der Waals surface area contributed by atoms with Gasteiger partial charge < -0.3 is 5.32 Å². The normalized spacial score (nSPS) is 13.7. The van der Waals surface area contributed by atoms with Gasteiger partial charge in [0.2, 0.25) is 5.91 Å². The first-order valence-electron chi connectivity index (χ1n) is 5.94. The molecule has 0 bridgehead atoms. The Hall–Kier alpha value is -1.68. The third kappa shape index (κ3) is 4.30. The molecule has 0 aromatic heterocycles. The highest BCUT2D eigenvalue weighted by atomic mass is 19.1. The van der Waals surface area contributed by atoms with E-state index in [-0.39, 0.29) is 23.8 Å². The van der Waals surface area contributed by atoms with Crippen LogP contribution in [-0.4, -0.2) is 18.5 Å². The number of nitrogens with one attached hydrogen (secondary N) is 2. The molecule has 1 aromatic carbocycles. The Bertz CT molecular complexity index is 420. The number of benzene rings is 1. The number of hydrogen-bond donors (Lipinski definition) is 2. The van der Waals surface area contributed by atoms with Crippen molar-refractivity contribution in [2.75, 3.05) is 6.54 Å². The number of carbonyl (C=O) groups excluding carboxylic acids is 1. The summed E-state index contributed by atoms with van der Waals surface area (Å²) in [6.45, 7) is 7.64. The molecule has 0 saturated heterocycles. The maximum absolute atomic E-state index is 13.1. The van der Waals surface area contributed by atoms with E-state index in [0.717, 1.165) is 5.56 Å². The molecule has 0 aliphatic carbocycles. The summed E-state index contributed by atoms with van der Waals surface area (Å²) in [6, 6.07) is 5.91. The van der Waals surface area contributed by atoms with Gasteiger partial charge in [0, 0.05) is 12.6 Å². The molecule has 0 radical (unpaired) electrons. The number of carbonyl (C=O) groups is 1. The summed E-state index contributed by atoms with van der Waals surface area (Å²) in [6.07, 6.45) is 1.63. The molecule has 0 saturated carbocycles. The van der Waals surface area contributed by atoms with Crippen LogP contribution >= 0.6 is 0 Å². The Morgan fingerprint density at radius 3 is 2.83 bits per heavy atom. The van der Waals surface area contributed by atoms with Crippen LogP contribution in [0.2, 0.25) is 0 Å². The van der Waals surface area contributed by atoms with Crippen LogP contribution in [0.4, 0.5) is 4.39 Å². The van der Waals surface area contributed by atoms with E-state index in [9.17, 15) is 9.18 Å². The van der Waals surface area contributed by atoms with Gasteiger partial charge in [-0.2, -0.15) is 0 Å². The van der Waals surface area contributed by atoms with E-state index in [1.807, 2.05) is 13.0 Å². The van der Waals surface area contributed by atoms with Crippen LogP contribution in [0.25, 0.3) is 0 Å². The van der Waals surface area contributed by atoms with Crippen molar-refractivity contribution in [3.63, 3.8) is 0 Å². The predicted molar refractivity (Wildman–Crippen MR) is 70.6 cm³/mol. The molecule has 4 heteroatoms. The van der Waals surface area contributed by atoms with Crippen LogP contribution in [0.3, 0.4) is 0 Å². The Morgan fingerprint density at radius 2 is 2.22 bits per heavy atom. The molecule has 1 aromatic rings. The zero-order valence-corrected chi connectivity index (χ0v) is 10.7. The number of hydrogen-bond acceptors (Lipinski definition) is 2. The summed E-state index contributed by atoms with van der Waals surface area (Å²) < 4.78 is 13.1. The van der Waals surface area contributed by atoms with E-state index in [1.165, 1.54) is 12.1 Å². The standard InChI is InChI=1S/C14H19FN2O/c1-4-8-16-14(18)11(3)17-10(2)12-6-5-7-13(15)9-12/h4-7,9-11,17H,1,8H2,2-3H3,(H,16,18). The molecule has 2 N–H and O–H groups in total. The summed E-state index contributed by atoms with van der Waals surface area (Å²) in [7, 11) is 0. The zero-order chi connectivity index (χ0) is 13.5. The largest absolute Gasteiger partial charge is 0.351 e. The van der Waals surface area contributed by atoms with Crippen molar-refractivity contribution >= 4 is 5.91 Å². The smallest absolute Gasteiger partial charge is 0.237 e. The van der Waals surface area contributed by atoms with Crippen molar-refractivity contribution in [1.82, 2.24) is 10.6 Å². The first-order chi connectivity index (χ1) is 8.54. The van der Waals surface area contributed by atoms with E-state index in [4.69, 9.17) is 0 Å². The van der Waals surface area contributed by atoms with Crippen molar-refractivity contribution in [2.24, 2.45) is 0 Å². The maximum Gasteiger partial charge on any atom is 0.237 e. The van der Waals surface area contributed by atoms with Crippen molar-refractivity contribution < 1.29 is 9.18 Å². The molecule has 18 heavy (non-hydrogen) atoms. The van der Waals surface area contributed by atoms with Gasteiger partial charge in [-0.25, -0.2) is 4.39 Å². The molecule has 0 aliphatic heterocycles. The Kier molecular flexibility index (Phi) is 5.52. The molecule has 2 unspecified atom stereocenters. The second kappa shape index (κ2) is 6.91. The highest BCUT2D eigenvalue weighted by Crippen LogP contribution is 2.13. The van der Waals surface area contributed by atoms with Crippen LogP contribution in [0.5, 0.6) is 0 Å². The van der Waals surface area contributed by atoms with Gasteiger partial charge in [-0.15, -0.1) is 6.58 Å². The summed E-state index contributed by atoms with van der Waals surface area (Å²) in [5.74, 6) is -0.372. The molecule has 0 aliphatic rings. The van der Waals surface area contributed by atoms with Gasteiger partial charge >= 0.3 is 0 Å². The lowest BCUT2D eigenvalue weighted by atomic mass is 10.1. The summed E-state index contributed by atoms with van der Waals surface area (Å²) in [5, 5.41) is 5.83. The van der Waals surface area contributed by atoms with Crippen LogP contribution in [0, 0.1) is 5.82 Å². The topological polar surface area (TPSA) is 41.1 Å². The third-order valence-corrected chi connectivity index (χ3v) is 2.66. The van der Waals surface area contributed by atoms with E-state index >= 15 is 0 Å². The monoisotopic (exact) mass is 250 g/mol. The zero-order valence-electron chi connectivity index (χ0n) is 10.7. The quantitative estimate of drug-likeness (QED) is 0.760. The third-order valence-electron chi connectivity index (χ3n) is 2.66. The average molecular weight is 250 g/mol. The van der Waals surface area contributed by atoms with Crippen LogP contribution in [0.15, 0.2) is 36.9 Å². The Labute approximate surface area is 107 Å². The summed E-state index contributed by atoms with van der Waals surface area (Å²) in [5.41, 5.74) is 0.818. The average Bonchev–Trinajstić information content (AvgIpc) is 2.35. The molecular formula is C14H19FN2O. The first kappa shape index (κ1) is 14.4. The fourth-order valence-electron chi connectivity index (χ4n) is 1.65. The second-order valence-electron chi connectivity index (χ2n) is 4.20. The fraction of sp³-hybridized carbons (Fsp3) is 0.357. The van der Waals surface area contributed by atoms with Gasteiger partial charge in [0.1, 0.15) is 5.82 Å². The van der Waals surface area contributed by atoms with E-state index < -0.39 is 0 Å². The Morgan fingerprint density at radius 1 is 1.50 bits per heavy atom. The van der Waals surface area contributed by atoms with E-state index in [2.05, 4.69) is 17.2 Å².